The van der Waals surface area contributed by atoms with Crippen LogP contribution in [0.3, 0.4) is 0 Å². The molecule has 0 saturated heterocycles. The van der Waals surface area contributed by atoms with Crippen LogP contribution >= 0.6 is 0 Å². The second kappa shape index (κ2) is 9.32. The number of carbonyl (C=O) groups excluding carboxylic acids is 1. The van der Waals surface area contributed by atoms with Gasteiger partial charge in [0.2, 0.25) is 10.0 Å². The Labute approximate surface area is 178 Å². The van der Waals surface area contributed by atoms with E-state index in [0.29, 0.717) is 11.1 Å². The van der Waals surface area contributed by atoms with E-state index >= 15 is 0 Å². The molecule has 9 heteroatoms. The van der Waals surface area contributed by atoms with E-state index in [2.05, 4.69) is 10.0 Å². The van der Waals surface area contributed by atoms with Gasteiger partial charge in [-0.25, -0.2) is 13.1 Å². The first-order chi connectivity index (χ1) is 14.7. The maximum atomic E-state index is 12.8. The summed E-state index contributed by atoms with van der Waals surface area (Å²) in [5.74, 6) is -0.464. The van der Waals surface area contributed by atoms with Gasteiger partial charge in [-0.2, -0.15) is 13.2 Å². The molecule has 0 heterocycles. The molecule has 0 spiro atoms. The molecule has 0 saturated carbocycles. The highest BCUT2D eigenvalue weighted by molar-refractivity contribution is 7.89. The molecule has 0 unspecified atom stereocenters. The lowest BCUT2D eigenvalue weighted by Gasteiger charge is -2.12. The molecule has 0 fully saturated rings. The average Bonchev–Trinajstić information content (AvgIpc) is 2.77. The largest absolute Gasteiger partial charge is 0.416 e. The van der Waals surface area contributed by atoms with E-state index in [-0.39, 0.29) is 23.5 Å². The lowest BCUT2D eigenvalue weighted by atomic mass is 9.98. The molecule has 5 nitrogen and oxygen atoms in total. The Balaban J connectivity index is 1.65. The number of amides is 1. The zero-order valence-corrected chi connectivity index (χ0v) is 17.0. The second-order valence-electron chi connectivity index (χ2n) is 6.59. The van der Waals surface area contributed by atoms with Crippen LogP contribution in [0, 0.1) is 0 Å². The SMILES string of the molecule is O=C(NCCNS(=O)(=O)c1ccccc1)c1ccccc1-c1ccc(C(F)(F)F)cc1. The van der Waals surface area contributed by atoms with Crippen molar-refractivity contribution in [2.75, 3.05) is 13.1 Å². The number of sulfonamides is 1. The standard InChI is InChI=1S/C22H19F3N2O3S/c23-22(24,25)17-12-10-16(11-13-17)19-8-4-5-9-20(19)21(28)26-14-15-27-31(29,30)18-6-2-1-3-7-18/h1-13,27H,14-15H2,(H,26,28). The highest BCUT2D eigenvalue weighted by Gasteiger charge is 2.30. The first-order valence-electron chi connectivity index (χ1n) is 9.28. The third kappa shape index (κ3) is 5.71. The Morgan fingerprint density at radius 1 is 0.806 bits per heavy atom. The molecular formula is C22H19F3N2O3S. The highest BCUT2D eigenvalue weighted by atomic mass is 32.2. The van der Waals surface area contributed by atoms with Crippen LogP contribution in [0.5, 0.6) is 0 Å². The molecule has 0 atom stereocenters. The number of carbonyl (C=O) groups is 1. The highest BCUT2D eigenvalue weighted by Crippen LogP contribution is 2.31. The zero-order valence-electron chi connectivity index (χ0n) is 16.2. The van der Waals surface area contributed by atoms with Gasteiger partial charge >= 0.3 is 6.18 Å². The molecule has 3 aromatic rings. The number of hydrogen-bond donors (Lipinski definition) is 2. The second-order valence-corrected chi connectivity index (χ2v) is 8.35. The average molecular weight is 448 g/mol. The Bertz CT molecular complexity index is 1150. The molecule has 0 aliphatic rings. The maximum absolute atomic E-state index is 12.8. The topological polar surface area (TPSA) is 75.3 Å². The molecule has 3 aromatic carbocycles. The predicted octanol–water partition coefficient (Wildman–Crippen LogP) is 4.08. The third-order valence-electron chi connectivity index (χ3n) is 4.45. The summed E-state index contributed by atoms with van der Waals surface area (Å²) in [5.41, 5.74) is 0.430. The van der Waals surface area contributed by atoms with Crippen LogP contribution in [-0.4, -0.2) is 27.4 Å². The van der Waals surface area contributed by atoms with Gasteiger partial charge in [0.25, 0.3) is 5.91 Å². The number of benzene rings is 3. The Morgan fingerprint density at radius 2 is 1.42 bits per heavy atom. The van der Waals surface area contributed by atoms with Crippen molar-refractivity contribution < 1.29 is 26.4 Å². The van der Waals surface area contributed by atoms with Crippen LogP contribution in [-0.2, 0) is 16.2 Å². The molecule has 0 aliphatic carbocycles. The van der Waals surface area contributed by atoms with Crippen LogP contribution in [0.2, 0.25) is 0 Å². The van der Waals surface area contributed by atoms with Crippen LogP contribution in [0.25, 0.3) is 11.1 Å². The first kappa shape index (κ1) is 22.5. The lowest BCUT2D eigenvalue weighted by Crippen LogP contribution is -2.34. The summed E-state index contributed by atoms with van der Waals surface area (Å²) < 4.78 is 65.1. The van der Waals surface area contributed by atoms with Gasteiger partial charge in [-0.15, -0.1) is 0 Å². The minimum atomic E-state index is -4.44. The monoisotopic (exact) mass is 448 g/mol. The van der Waals surface area contributed by atoms with E-state index in [1.807, 2.05) is 0 Å². The van der Waals surface area contributed by atoms with Gasteiger partial charge in [0.1, 0.15) is 0 Å². The molecule has 0 bridgehead atoms. The fraction of sp³-hybridized carbons (Fsp3) is 0.136. The maximum Gasteiger partial charge on any atom is 0.416 e. The van der Waals surface area contributed by atoms with Gasteiger partial charge in [-0.1, -0.05) is 48.5 Å². The number of hydrogen-bond acceptors (Lipinski definition) is 3. The lowest BCUT2D eigenvalue weighted by molar-refractivity contribution is -0.137. The summed E-state index contributed by atoms with van der Waals surface area (Å²) >= 11 is 0. The van der Waals surface area contributed by atoms with Gasteiger partial charge < -0.3 is 5.32 Å². The Hall–Kier alpha value is -3.17. The van der Waals surface area contributed by atoms with E-state index in [0.717, 1.165) is 12.1 Å². The molecular weight excluding hydrogens is 429 g/mol. The van der Waals surface area contributed by atoms with Gasteiger partial charge in [0.15, 0.2) is 0 Å². The molecule has 31 heavy (non-hydrogen) atoms. The molecule has 1 amide bonds. The third-order valence-corrected chi connectivity index (χ3v) is 5.93. The normalized spacial score (nSPS) is 11.8. The summed E-state index contributed by atoms with van der Waals surface area (Å²) in [7, 11) is -3.68. The summed E-state index contributed by atoms with van der Waals surface area (Å²) in [5, 5.41) is 2.62. The van der Waals surface area contributed by atoms with E-state index < -0.39 is 27.7 Å². The van der Waals surface area contributed by atoms with E-state index in [1.54, 1.807) is 42.5 Å². The smallest absolute Gasteiger partial charge is 0.351 e. The Kier molecular flexibility index (Phi) is 6.77. The number of alkyl halides is 3. The van der Waals surface area contributed by atoms with Crippen molar-refractivity contribution in [3.8, 4) is 11.1 Å². The molecule has 0 aliphatic heterocycles. The van der Waals surface area contributed by atoms with Crippen molar-refractivity contribution in [3.63, 3.8) is 0 Å². The van der Waals surface area contributed by atoms with Crippen molar-refractivity contribution in [3.05, 3.63) is 90.0 Å². The number of halogens is 3. The summed E-state index contributed by atoms with van der Waals surface area (Å²) in [6.07, 6.45) is -4.44. The number of rotatable bonds is 7. The predicted molar refractivity (Wildman–Crippen MR) is 111 cm³/mol. The first-order valence-corrected chi connectivity index (χ1v) is 10.8. The molecule has 3 rings (SSSR count). The van der Waals surface area contributed by atoms with E-state index in [1.165, 1.54) is 24.3 Å². The van der Waals surface area contributed by atoms with Crippen molar-refractivity contribution in [1.29, 1.82) is 0 Å². The zero-order chi connectivity index (χ0) is 22.5. The number of nitrogens with one attached hydrogen (secondary N) is 2. The molecule has 2 N–H and O–H groups in total. The van der Waals surface area contributed by atoms with Crippen LogP contribution in [0.1, 0.15) is 15.9 Å². The molecule has 162 valence electrons. The van der Waals surface area contributed by atoms with Gasteiger partial charge in [-0.05, 0) is 41.5 Å². The van der Waals surface area contributed by atoms with Crippen LogP contribution in [0.4, 0.5) is 13.2 Å². The van der Waals surface area contributed by atoms with Gasteiger partial charge in [0.05, 0.1) is 10.5 Å². The molecule has 0 aromatic heterocycles. The quantitative estimate of drug-likeness (QED) is 0.535. The summed E-state index contributed by atoms with van der Waals surface area (Å²) in [6.45, 7) is 0.0116. The summed E-state index contributed by atoms with van der Waals surface area (Å²) in [6, 6.07) is 18.9. The van der Waals surface area contributed by atoms with Gasteiger partial charge in [-0.3, -0.25) is 4.79 Å². The van der Waals surface area contributed by atoms with E-state index in [9.17, 15) is 26.4 Å². The fourth-order valence-electron chi connectivity index (χ4n) is 2.91. The van der Waals surface area contributed by atoms with Crippen molar-refractivity contribution in [1.82, 2.24) is 10.0 Å². The summed E-state index contributed by atoms with van der Waals surface area (Å²) in [4.78, 5) is 12.7. The van der Waals surface area contributed by atoms with Crippen molar-refractivity contribution >= 4 is 15.9 Å². The fourth-order valence-corrected chi connectivity index (χ4v) is 3.96. The van der Waals surface area contributed by atoms with E-state index in [4.69, 9.17) is 0 Å². The van der Waals surface area contributed by atoms with Crippen molar-refractivity contribution in [2.24, 2.45) is 0 Å². The van der Waals surface area contributed by atoms with Crippen molar-refractivity contribution in [2.45, 2.75) is 11.1 Å². The van der Waals surface area contributed by atoms with Crippen LogP contribution < -0.4 is 10.0 Å². The van der Waals surface area contributed by atoms with Crippen LogP contribution in [0.15, 0.2) is 83.8 Å². The molecule has 0 radical (unpaired) electrons. The minimum absolute atomic E-state index is 0.0224. The minimum Gasteiger partial charge on any atom is -0.351 e. The van der Waals surface area contributed by atoms with Gasteiger partial charge in [0, 0.05) is 18.7 Å². The Morgan fingerprint density at radius 3 is 2.06 bits per heavy atom.